The molecule has 0 unspecified atom stereocenters. The summed E-state index contributed by atoms with van der Waals surface area (Å²) in [7, 11) is 0. The topological polar surface area (TPSA) is 65.5 Å². The Labute approximate surface area is 510 Å². The molecule has 0 aliphatic rings. The van der Waals surface area contributed by atoms with Gasteiger partial charge >= 0.3 is 0 Å². The van der Waals surface area contributed by atoms with Gasteiger partial charge in [-0.25, -0.2) is 0 Å². The maximum Gasteiger partial charge on any atom is 0.136 e. The van der Waals surface area contributed by atoms with Gasteiger partial charge in [-0.05, 0) is 109 Å². The number of anilines is 12. The zero-order valence-electron chi connectivity index (χ0n) is 49.5. The Morgan fingerprint density at radius 1 is 0.227 bits per heavy atom. The van der Waals surface area contributed by atoms with Crippen LogP contribution < -0.4 is 19.6 Å². The molecule has 8 nitrogen and oxygen atoms in total. The lowest BCUT2D eigenvalue weighted by molar-refractivity contribution is 0.557. The summed E-state index contributed by atoms with van der Waals surface area (Å²) in [6.07, 6.45) is 2.69. The summed E-state index contributed by atoms with van der Waals surface area (Å²) in [5.41, 5.74) is 15.3. The fourth-order valence-corrected chi connectivity index (χ4v) is 13.8. The predicted molar refractivity (Wildman–Crippen MR) is 365 cm³/mol. The molecule has 0 aliphatic carbocycles. The summed E-state index contributed by atoms with van der Waals surface area (Å²) in [6.45, 7) is 8.75. The first-order chi connectivity index (χ1) is 43.5. The molecular weight excluding hydrogens is 1080 g/mol. The third kappa shape index (κ3) is 8.27. The zero-order valence-corrected chi connectivity index (χ0v) is 49.5. The largest absolute Gasteiger partial charge is 0.459 e. The molecule has 0 amide bonds. The smallest absolute Gasteiger partial charge is 0.136 e. The number of rotatable bonds is 16. The first-order valence-electron chi connectivity index (χ1n) is 30.7. The molecule has 0 N–H and O–H groups in total. The standard InChI is InChI=1S/C80H62N4O4/c1-5-67-77(59-37-21-25-41-71(59)85-67)81(51-29-13-9-14-30-51)63-49-64(82(52-31-15-10-16-32-52)78-60-38-22-26-42-72(60)86-68(78)6-2)56-47-48-58-66(84(54-35-19-12-20-36-54)80-62-40-24-28-44-74(62)88-70(80)8-4)50-65(57-46-45-55(63)75(56)76(57)58)83(53-33-17-11-18-34-53)79-61-39-23-27-43-73(61)87-69(79)7-3/h9-50H,5-8H2,1-4H3. The molecule has 0 saturated carbocycles. The molecule has 0 atom stereocenters. The highest BCUT2D eigenvalue weighted by molar-refractivity contribution is 6.33. The number of para-hydroxylation sites is 8. The Kier molecular flexibility index (Phi) is 12.9. The predicted octanol–water partition coefficient (Wildman–Crippen LogP) is 23.7. The van der Waals surface area contributed by atoms with E-state index in [1.165, 1.54) is 0 Å². The van der Waals surface area contributed by atoms with Crippen molar-refractivity contribution in [2.24, 2.45) is 0 Å². The van der Waals surface area contributed by atoms with Crippen molar-refractivity contribution in [3.8, 4) is 0 Å². The van der Waals surface area contributed by atoms with Gasteiger partial charge in [-0.1, -0.05) is 173 Å². The first-order valence-corrected chi connectivity index (χ1v) is 30.7. The van der Waals surface area contributed by atoms with Crippen LogP contribution in [0.3, 0.4) is 0 Å². The van der Waals surface area contributed by atoms with E-state index in [-0.39, 0.29) is 0 Å². The van der Waals surface area contributed by atoms with Crippen molar-refractivity contribution < 1.29 is 17.7 Å². The fraction of sp³-hybridized carbons (Fsp3) is 0.100. The third-order valence-corrected chi connectivity index (χ3v) is 17.6. The second-order valence-corrected chi connectivity index (χ2v) is 22.5. The van der Waals surface area contributed by atoms with Crippen molar-refractivity contribution in [1.29, 1.82) is 0 Å². The van der Waals surface area contributed by atoms with Gasteiger partial charge in [0.05, 0.1) is 45.5 Å². The Morgan fingerprint density at radius 2 is 0.432 bits per heavy atom. The number of benzene rings is 12. The molecule has 0 aliphatic heterocycles. The maximum absolute atomic E-state index is 6.93. The van der Waals surface area contributed by atoms with Crippen LogP contribution in [-0.4, -0.2) is 0 Å². The van der Waals surface area contributed by atoms with Crippen molar-refractivity contribution in [2.75, 3.05) is 19.6 Å². The normalized spacial score (nSPS) is 11.8. The molecule has 16 rings (SSSR count). The number of furan rings is 4. The SMILES string of the molecule is CCc1oc2ccccc2c1N(c1ccccc1)c1cc(N(c2ccccc2)c2c(CC)oc3ccccc23)c2ccc3c(N(c4ccccc4)c4c(CC)oc5ccccc45)cc(N(c4ccccc4)c4c(CC)oc5ccccc45)c4ccc1c2c43. The highest BCUT2D eigenvalue weighted by atomic mass is 16.3. The molecule has 0 bridgehead atoms. The van der Waals surface area contributed by atoms with Crippen molar-refractivity contribution in [3.05, 3.63) is 278 Å². The summed E-state index contributed by atoms with van der Waals surface area (Å²) < 4.78 is 27.7. The zero-order chi connectivity index (χ0) is 59.0. The second kappa shape index (κ2) is 21.5. The Hall–Kier alpha value is -11.0. The van der Waals surface area contributed by atoms with E-state index in [1.807, 2.05) is 0 Å². The summed E-state index contributed by atoms with van der Waals surface area (Å²) in [4.78, 5) is 9.84. The third-order valence-electron chi connectivity index (χ3n) is 17.6. The molecule has 8 heteroatoms. The minimum Gasteiger partial charge on any atom is -0.459 e. The van der Waals surface area contributed by atoms with Crippen LogP contribution in [0, 0.1) is 0 Å². The summed E-state index contributed by atoms with van der Waals surface area (Å²) in [6, 6.07) is 91.5. The van der Waals surface area contributed by atoms with Gasteiger partial charge in [0.25, 0.3) is 0 Å². The average Bonchev–Trinajstić information content (AvgIpc) is 0.785. The lowest BCUT2D eigenvalue weighted by Gasteiger charge is -2.34. The molecular formula is C80H62N4O4. The van der Waals surface area contributed by atoms with Crippen molar-refractivity contribution in [2.45, 2.75) is 53.4 Å². The average molecular weight is 1140 g/mol. The number of hydrogen-bond acceptors (Lipinski definition) is 8. The van der Waals surface area contributed by atoms with E-state index in [0.717, 1.165) is 167 Å². The Bertz CT molecular complexity index is 4590. The number of fused-ring (bicyclic) bond motifs is 4. The van der Waals surface area contributed by atoms with Gasteiger partial charge in [0, 0.05) is 102 Å². The summed E-state index contributed by atoms with van der Waals surface area (Å²) in [5, 5.41) is 10.6. The summed E-state index contributed by atoms with van der Waals surface area (Å²) in [5.74, 6) is 3.58. The molecule has 0 saturated heterocycles. The van der Waals surface area contributed by atoms with Gasteiger partial charge in [0.1, 0.15) is 45.4 Å². The van der Waals surface area contributed by atoms with Crippen LogP contribution in [0.4, 0.5) is 68.2 Å². The van der Waals surface area contributed by atoms with Gasteiger partial charge in [0.2, 0.25) is 0 Å². The van der Waals surface area contributed by atoms with E-state index in [2.05, 4.69) is 302 Å². The minimum absolute atomic E-state index is 0.672. The minimum atomic E-state index is 0.672. The van der Waals surface area contributed by atoms with E-state index in [0.29, 0.717) is 25.7 Å². The quantitative estimate of drug-likeness (QED) is 0.0887. The van der Waals surface area contributed by atoms with Crippen LogP contribution in [0.25, 0.3) is 76.2 Å². The molecule has 16 aromatic rings. The highest BCUT2D eigenvalue weighted by Gasteiger charge is 2.34. The van der Waals surface area contributed by atoms with Crippen molar-refractivity contribution in [1.82, 2.24) is 0 Å². The summed E-state index contributed by atoms with van der Waals surface area (Å²) >= 11 is 0. The van der Waals surface area contributed by atoms with Crippen molar-refractivity contribution >= 4 is 144 Å². The van der Waals surface area contributed by atoms with Crippen LogP contribution in [0.2, 0.25) is 0 Å². The van der Waals surface area contributed by atoms with E-state index in [9.17, 15) is 0 Å². The van der Waals surface area contributed by atoms with E-state index in [1.54, 1.807) is 0 Å². The first kappa shape index (κ1) is 52.6. The number of aryl methyl sites for hydroxylation is 4. The lowest BCUT2D eigenvalue weighted by Crippen LogP contribution is -2.17. The molecule has 4 aromatic heterocycles. The maximum atomic E-state index is 6.93. The van der Waals surface area contributed by atoms with Crippen LogP contribution in [0.15, 0.2) is 272 Å². The van der Waals surface area contributed by atoms with Crippen LogP contribution in [0.5, 0.6) is 0 Å². The Morgan fingerprint density at radius 3 is 0.648 bits per heavy atom. The second-order valence-electron chi connectivity index (χ2n) is 22.5. The highest BCUT2D eigenvalue weighted by Crippen LogP contribution is 2.58. The lowest BCUT2D eigenvalue weighted by atomic mass is 9.88. The Balaban J connectivity index is 1.14. The molecule has 12 aromatic carbocycles. The van der Waals surface area contributed by atoms with Gasteiger partial charge < -0.3 is 37.3 Å². The van der Waals surface area contributed by atoms with E-state index >= 15 is 0 Å². The van der Waals surface area contributed by atoms with E-state index < -0.39 is 0 Å². The van der Waals surface area contributed by atoms with E-state index in [4.69, 9.17) is 17.7 Å². The monoisotopic (exact) mass is 1140 g/mol. The van der Waals surface area contributed by atoms with Gasteiger partial charge in [-0.3, -0.25) is 0 Å². The van der Waals surface area contributed by atoms with Crippen LogP contribution in [0.1, 0.15) is 50.7 Å². The van der Waals surface area contributed by atoms with Crippen LogP contribution >= 0.6 is 0 Å². The molecule has 0 spiro atoms. The molecule has 0 radical (unpaired) electrons. The molecule has 426 valence electrons. The number of nitrogens with zero attached hydrogens (tertiary/aromatic N) is 4. The van der Waals surface area contributed by atoms with Gasteiger partial charge in [-0.15, -0.1) is 0 Å². The fourth-order valence-electron chi connectivity index (χ4n) is 13.8. The molecule has 4 heterocycles. The molecule has 88 heavy (non-hydrogen) atoms. The van der Waals surface area contributed by atoms with Crippen molar-refractivity contribution in [3.63, 3.8) is 0 Å². The number of hydrogen-bond donors (Lipinski definition) is 0. The van der Waals surface area contributed by atoms with Crippen LogP contribution in [-0.2, 0) is 25.7 Å². The molecule has 0 fully saturated rings. The van der Waals surface area contributed by atoms with Gasteiger partial charge in [0.15, 0.2) is 0 Å². The van der Waals surface area contributed by atoms with Gasteiger partial charge in [-0.2, -0.15) is 0 Å².